The van der Waals surface area contributed by atoms with Crippen LogP contribution in [-0.2, 0) is 5.41 Å². The van der Waals surface area contributed by atoms with E-state index in [0.717, 1.165) is 66.5 Å². The quantitative estimate of drug-likeness (QED) is 0.180. The van der Waals surface area contributed by atoms with Crippen molar-refractivity contribution in [3.63, 3.8) is 0 Å². The molecule has 0 saturated carbocycles. The lowest BCUT2D eigenvalue weighted by Crippen LogP contribution is -2.10. The highest BCUT2D eigenvalue weighted by molar-refractivity contribution is 6.14. The summed E-state index contributed by atoms with van der Waals surface area (Å²) in [7, 11) is 0. The monoisotopic (exact) mass is 696 g/mol. The van der Waals surface area contributed by atoms with Crippen LogP contribution in [0.5, 0.6) is 0 Å². The Morgan fingerprint density at radius 2 is 1.04 bits per heavy atom. The molecule has 0 atom stereocenters. The molecule has 0 aliphatic rings. The van der Waals surface area contributed by atoms with Crippen LogP contribution in [0.2, 0.25) is 0 Å². The number of hydrogen-bond acceptors (Lipinski definition) is 4. The second-order valence-electron chi connectivity index (χ2n) is 14.9. The van der Waals surface area contributed by atoms with E-state index >= 15 is 0 Å². The Bertz CT molecular complexity index is 3020. The molecule has 0 bridgehead atoms. The molecule has 5 nitrogen and oxygen atoms in total. The predicted octanol–water partition coefficient (Wildman–Crippen LogP) is 12.8. The van der Waals surface area contributed by atoms with E-state index in [1.165, 1.54) is 16.3 Å². The maximum Gasteiger partial charge on any atom is 0.164 e. The van der Waals surface area contributed by atoms with E-state index in [9.17, 15) is 0 Å². The third-order valence-electron chi connectivity index (χ3n) is 10.4. The second-order valence-corrected chi connectivity index (χ2v) is 14.9. The Morgan fingerprint density at radius 3 is 1.81 bits per heavy atom. The van der Waals surface area contributed by atoms with Gasteiger partial charge in [-0.3, -0.25) is 0 Å². The summed E-state index contributed by atoms with van der Waals surface area (Å²) in [4.78, 5) is 15.2. The van der Waals surface area contributed by atoms with Crippen molar-refractivity contribution >= 4 is 43.7 Å². The van der Waals surface area contributed by atoms with Gasteiger partial charge in [0.25, 0.3) is 0 Å². The number of hydrogen-bond donors (Lipinski definition) is 0. The van der Waals surface area contributed by atoms with Gasteiger partial charge in [0.2, 0.25) is 0 Å². The van der Waals surface area contributed by atoms with E-state index < -0.39 is 0 Å². The molecule has 3 heterocycles. The number of furan rings is 1. The minimum atomic E-state index is 0.0486. The smallest absolute Gasteiger partial charge is 0.164 e. The molecule has 0 amide bonds. The summed E-state index contributed by atoms with van der Waals surface area (Å²) >= 11 is 0. The van der Waals surface area contributed by atoms with Gasteiger partial charge in [-0.2, -0.15) is 0 Å². The highest BCUT2D eigenvalue weighted by Gasteiger charge is 2.19. The fraction of sp³-hybridized carbons (Fsp3) is 0.0816. The molecule has 3 aromatic heterocycles. The lowest BCUT2D eigenvalue weighted by atomic mass is 9.87. The molecule has 10 aromatic rings. The molecular weight excluding hydrogens is 661 g/mol. The third-order valence-corrected chi connectivity index (χ3v) is 10.4. The summed E-state index contributed by atoms with van der Waals surface area (Å²) in [6, 6.07) is 57.3. The number of aromatic nitrogens is 4. The molecule has 54 heavy (non-hydrogen) atoms. The van der Waals surface area contributed by atoms with Crippen molar-refractivity contribution in [3.05, 3.63) is 169 Å². The van der Waals surface area contributed by atoms with Crippen molar-refractivity contribution < 1.29 is 4.42 Å². The number of rotatable bonds is 5. The average Bonchev–Trinajstić information content (AvgIpc) is 3.76. The first-order valence-electron chi connectivity index (χ1n) is 18.4. The van der Waals surface area contributed by atoms with Gasteiger partial charge < -0.3 is 8.98 Å². The first kappa shape index (κ1) is 31.9. The highest BCUT2D eigenvalue weighted by atomic mass is 16.3. The zero-order chi connectivity index (χ0) is 36.4. The van der Waals surface area contributed by atoms with Gasteiger partial charge in [0.15, 0.2) is 17.5 Å². The summed E-state index contributed by atoms with van der Waals surface area (Å²) in [5, 5.41) is 4.64. The largest absolute Gasteiger partial charge is 0.456 e. The second kappa shape index (κ2) is 12.4. The van der Waals surface area contributed by atoms with Crippen molar-refractivity contribution in [2.75, 3.05) is 0 Å². The molecule has 10 rings (SSSR count). The summed E-state index contributed by atoms with van der Waals surface area (Å²) in [5.41, 5.74) is 11.5. The van der Waals surface area contributed by atoms with Crippen molar-refractivity contribution in [3.8, 4) is 51.0 Å². The molecule has 0 saturated heterocycles. The van der Waals surface area contributed by atoms with Crippen molar-refractivity contribution in [1.29, 1.82) is 0 Å². The van der Waals surface area contributed by atoms with E-state index in [-0.39, 0.29) is 5.41 Å². The molecular formula is C49H36N4O. The van der Waals surface area contributed by atoms with Crippen molar-refractivity contribution in [2.24, 2.45) is 0 Å². The predicted molar refractivity (Wildman–Crippen MR) is 222 cm³/mol. The SMILES string of the molecule is CC(C)(C)c1ccc(-c2nc(-c3ccccc3)nc(-c3cccc(-n4c5ccccc5c5ccc(-c6cccc7oc8ccccc8c67)cc54)c3)n2)cc1. The Labute approximate surface area is 313 Å². The lowest BCUT2D eigenvalue weighted by molar-refractivity contribution is 0.590. The fourth-order valence-electron chi connectivity index (χ4n) is 7.69. The van der Waals surface area contributed by atoms with E-state index in [2.05, 4.69) is 147 Å². The Morgan fingerprint density at radius 1 is 0.444 bits per heavy atom. The standard InChI is InChI=1S/C49H36N4O/c1-49(2,3)35-26-23-32(24-27-35)47-50-46(31-13-5-4-6-14-31)51-48(52-47)34-15-11-16-36(29-34)53-41-20-9-7-17-38(41)39-28-25-33(30-42(39)53)37-19-12-22-44-45(37)40-18-8-10-21-43(40)54-44/h4-30H,1-3H3. The summed E-state index contributed by atoms with van der Waals surface area (Å²) in [6.45, 7) is 6.68. The average molecular weight is 697 g/mol. The van der Waals surface area contributed by atoms with Gasteiger partial charge in [0, 0.05) is 43.9 Å². The molecule has 0 aliphatic carbocycles. The van der Waals surface area contributed by atoms with Crippen LogP contribution in [0, 0.1) is 0 Å². The topological polar surface area (TPSA) is 56.7 Å². The summed E-state index contributed by atoms with van der Waals surface area (Å²) in [6.07, 6.45) is 0. The van der Waals surface area contributed by atoms with E-state index in [1.807, 2.05) is 42.5 Å². The zero-order valence-corrected chi connectivity index (χ0v) is 30.3. The van der Waals surface area contributed by atoms with Gasteiger partial charge >= 0.3 is 0 Å². The minimum absolute atomic E-state index is 0.0486. The van der Waals surface area contributed by atoms with Crippen LogP contribution in [0.15, 0.2) is 168 Å². The normalized spacial score (nSPS) is 12.0. The number of benzene rings is 7. The van der Waals surface area contributed by atoms with Crippen LogP contribution in [0.3, 0.4) is 0 Å². The maximum absolute atomic E-state index is 6.27. The molecule has 0 aliphatic heterocycles. The van der Waals surface area contributed by atoms with Crippen LogP contribution in [-0.4, -0.2) is 19.5 Å². The Hall–Kier alpha value is -6.85. The van der Waals surface area contributed by atoms with Crippen molar-refractivity contribution in [2.45, 2.75) is 26.2 Å². The Kier molecular flexibility index (Phi) is 7.31. The van der Waals surface area contributed by atoms with E-state index in [4.69, 9.17) is 19.4 Å². The van der Waals surface area contributed by atoms with Crippen LogP contribution in [0.25, 0.3) is 94.7 Å². The molecule has 5 heteroatoms. The molecule has 0 N–H and O–H groups in total. The number of fused-ring (bicyclic) bond motifs is 6. The minimum Gasteiger partial charge on any atom is -0.456 e. The van der Waals surface area contributed by atoms with E-state index in [1.54, 1.807) is 0 Å². The zero-order valence-electron chi connectivity index (χ0n) is 30.3. The van der Waals surface area contributed by atoms with Gasteiger partial charge in [-0.15, -0.1) is 0 Å². The summed E-state index contributed by atoms with van der Waals surface area (Å²) < 4.78 is 8.63. The van der Waals surface area contributed by atoms with E-state index in [0.29, 0.717) is 17.5 Å². The van der Waals surface area contributed by atoms with Gasteiger partial charge in [0.1, 0.15) is 11.2 Å². The first-order valence-corrected chi connectivity index (χ1v) is 18.4. The molecule has 0 radical (unpaired) electrons. The van der Waals surface area contributed by atoms with Gasteiger partial charge in [-0.25, -0.2) is 15.0 Å². The summed E-state index contributed by atoms with van der Waals surface area (Å²) in [5.74, 6) is 1.91. The third kappa shape index (κ3) is 5.36. The maximum atomic E-state index is 6.27. The Balaban J connectivity index is 1.15. The molecule has 258 valence electrons. The highest BCUT2D eigenvalue weighted by Crippen LogP contribution is 2.40. The molecule has 0 spiro atoms. The van der Waals surface area contributed by atoms with Gasteiger partial charge in [-0.05, 0) is 58.5 Å². The van der Waals surface area contributed by atoms with Gasteiger partial charge in [0.05, 0.1) is 11.0 Å². The van der Waals surface area contributed by atoms with Gasteiger partial charge in [-0.1, -0.05) is 148 Å². The van der Waals surface area contributed by atoms with Crippen LogP contribution in [0.4, 0.5) is 0 Å². The molecule has 7 aromatic carbocycles. The first-order chi connectivity index (χ1) is 26.4. The number of para-hydroxylation sites is 2. The molecule has 0 unspecified atom stereocenters. The van der Waals surface area contributed by atoms with Crippen LogP contribution >= 0.6 is 0 Å². The van der Waals surface area contributed by atoms with Crippen LogP contribution in [0.1, 0.15) is 26.3 Å². The molecule has 0 fully saturated rings. The van der Waals surface area contributed by atoms with Crippen LogP contribution < -0.4 is 0 Å². The number of nitrogens with zero attached hydrogens (tertiary/aromatic N) is 4. The fourth-order valence-corrected chi connectivity index (χ4v) is 7.69. The lowest BCUT2D eigenvalue weighted by Gasteiger charge is -2.19. The van der Waals surface area contributed by atoms with Crippen molar-refractivity contribution in [1.82, 2.24) is 19.5 Å².